The Bertz CT molecular complexity index is 485. The molecule has 1 aromatic carbocycles. The van der Waals surface area contributed by atoms with Crippen LogP contribution in [0.1, 0.15) is 0 Å². The predicted molar refractivity (Wildman–Crippen MR) is 65.8 cm³/mol. The minimum Gasteiger partial charge on any atom is -0.497 e. The molecular weight excluding hydrogens is 244 g/mol. The third kappa shape index (κ3) is 3.24. The van der Waals surface area contributed by atoms with Gasteiger partial charge in [0.25, 0.3) is 0 Å². The first kappa shape index (κ1) is 13.6. The highest BCUT2D eigenvalue weighted by Crippen LogP contribution is 2.29. The number of nitrogens with zero attached hydrogens (tertiary/aromatic N) is 1. The molecule has 0 unspecified atom stereocenters. The van der Waals surface area contributed by atoms with Crippen LogP contribution < -0.4 is 14.2 Å². The lowest BCUT2D eigenvalue weighted by atomic mass is 10.3. The molecule has 0 atom stereocenters. The largest absolute Gasteiger partial charge is 0.497 e. The molecule has 0 spiro atoms. The first-order valence-corrected chi connectivity index (χ1v) is 6.27. The Morgan fingerprint density at radius 2 is 1.82 bits per heavy atom. The van der Waals surface area contributed by atoms with E-state index in [9.17, 15) is 8.42 Å². The van der Waals surface area contributed by atoms with E-state index >= 15 is 0 Å². The molecule has 0 saturated carbocycles. The molecule has 0 heterocycles. The van der Waals surface area contributed by atoms with Crippen molar-refractivity contribution < 1.29 is 17.9 Å². The smallest absolute Gasteiger partial charge is 0.301 e. The summed E-state index contributed by atoms with van der Waals surface area (Å²) in [7, 11) is 2.29. The summed E-state index contributed by atoms with van der Waals surface area (Å²) in [5, 5.41) is 0. The minimum absolute atomic E-state index is 0.334. The minimum atomic E-state index is -3.56. The van der Waals surface area contributed by atoms with Gasteiger partial charge in [-0.25, -0.2) is 0 Å². The van der Waals surface area contributed by atoms with Gasteiger partial charge in [-0.3, -0.25) is 4.72 Å². The summed E-state index contributed by atoms with van der Waals surface area (Å²) in [6.45, 7) is 0. The van der Waals surface area contributed by atoms with Gasteiger partial charge >= 0.3 is 10.2 Å². The number of rotatable bonds is 5. The molecule has 0 radical (unpaired) electrons. The van der Waals surface area contributed by atoms with E-state index in [1.165, 1.54) is 28.3 Å². The van der Waals surface area contributed by atoms with Crippen LogP contribution in [0.2, 0.25) is 0 Å². The van der Waals surface area contributed by atoms with Gasteiger partial charge in [0.15, 0.2) is 0 Å². The van der Waals surface area contributed by atoms with Crippen molar-refractivity contribution >= 4 is 15.9 Å². The summed E-state index contributed by atoms with van der Waals surface area (Å²) in [5.74, 6) is 0.971. The number of nitrogens with one attached hydrogen (secondary N) is 1. The lowest BCUT2D eigenvalue weighted by molar-refractivity contribution is 0.404. The Kier molecular flexibility index (Phi) is 4.19. The fourth-order valence-corrected chi connectivity index (χ4v) is 1.74. The van der Waals surface area contributed by atoms with Crippen LogP contribution in [0.3, 0.4) is 0 Å². The Hall–Kier alpha value is -1.47. The maximum absolute atomic E-state index is 11.7. The molecule has 0 bridgehead atoms. The van der Waals surface area contributed by atoms with Crippen molar-refractivity contribution in [2.75, 3.05) is 33.0 Å². The second-order valence-corrected chi connectivity index (χ2v) is 5.34. The summed E-state index contributed by atoms with van der Waals surface area (Å²) in [6, 6.07) is 4.87. The van der Waals surface area contributed by atoms with E-state index in [-0.39, 0.29) is 0 Å². The SMILES string of the molecule is COc1ccc(OC)c(NS(=O)(=O)N(C)C)c1. The molecule has 0 amide bonds. The Balaban J connectivity index is 3.12. The van der Waals surface area contributed by atoms with Gasteiger partial charge in [-0.2, -0.15) is 12.7 Å². The van der Waals surface area contributed by atoms with Gasteiger partial charge in [-0.15, -0.1) is 0 Å². The van der Waals surface area contributed by atoms with E-state index < -0.39 is 10.2 Å². The monoisotopic (exact) mass is 260 g/mol. The molecule has 0 aliphatic heterocycles. The zero-order valence-corrected chi connectivity index (χ0v) is 11.0. The van der Waals surface area contributed by atoms with Gasteiger partial charge in [0.1, 0.15) is 11.5 Å². The van der Waals surface area contributed by atoms with Gasteiger partial charge < -0.3 is 9.47 Å². The fraction of sp³-hybridized carbons (Fsp3) is 0.400. The lowest BCUT2D eigenvalue weighted by Gasteiger charge is -2.16. The number of hydrogen-bond acceptors (Lipinski definition) is 4. The second kappa shape index (κ2) is 5.24. The first-order chi connectivity index (χ1) is 7.90. The molecule has 0 fully saturated rings. The van der Waals surface area contributed by atoms with Crippen molar-refractivity contribution in [1.29, 1.82) is 0 Å². The summed E-state index contributed by atoms with van der Waals surface area (Å²) in [5.41, 5.74) is 0.334. The lowest BCUT2D eigenvalue weighted by Crippen LogP contribution is -2.29. The molecule has 17 heavy (non-hydrogen) atoms. The van der Waals surface area contributed by atoms with E-state index in [4.69, 9.17) is 9.47 Å². The fourth-order valence-electron chi connectivity index (χ4n) is 1.12. The molecule has 1 aromatic rings. The number of anilines is 1. The maximum atomic E-state index is 11.7. The number of benzene rings is 1. The number of ether oxygens (including phenoxy) is 2. The number of hydrogen-bond donors (Lipinski definition) is 1. The normalized spacial score (nSPS) is 11.4. The highest BCUT2D eigenvalue weighted by Gasteiger charge is 2.16. The zero-order chi connectivity index (χ0) is 13.1. The van der Waals surface area contributed by atoms with E-state index in [0.717, 1.165) is 4.31 Å². The first-order valence-electron chi connectivity index (χ1n) is 4.83. The van der Waals surface area contributed by atoms with E-state index in [2.05, 4.69) is 4.72 Å². The molecule has 0 aliphatic carbocycles. The highest BCUT2D eigenvalue weighted by atomic mass is 32.2. The van der Waals surface area contributed by atoms with Crippen LogP contribution in [0.25, 0.3) is 0 Å². The molecule has 1 N–H and O–H groups in total. The van der Waals surface area contributed by atoms with Gasteiger partial charge in [0, 0.05) is 20.2 Å². The van der Waals surface area contributed by atoms with E-state index in [1.54, 1.807) is 18.2 Å². The van der Waals surface area contributed by atoms with Crippen molar-refractivity contribution in [3.05, 3.63) is 18.2 Å². The van der Waals surface area contributed by atoms with E-state index in [0.29, 0.717) is 17.2 Å². The molecule has 7 heteroatoms. The van der Waals surface area contributed by atoms with Crippen LogP contribution >= 0.6 is 0 Å². The van der Waals surface area contributed by atoms with Crippen molar-refractivity contribution in [3.63, 3.8) is 0 Å². The average Bonchev–Trinajstić information content (AvgIpc) is 2.28. The topological polar surface area (TPSA) is 67.9 Å². The quantitative estimate of drug-likeness (QED) is 0.855. The molecule has 6 nitrogen and oxygen atoms in total. The van der Waals surface area contributed by atoms with Crippen LogP contribution in [0.15, 0.2) is 18.2 Å². The molecule has 1 rings (SSSR count). The summed E-state index contributed by atoms with van der Waals surface area (Å²) in [6.07, 6.45) is 0. The van der Waals surface area contributed by atoms with Crippen molar-refractivity contribution in [1.82, 2.24) is 4.31 Å². The van der Waals surface area contributed by atoms with Crippen LogP contribution in [0.4, 0.5) is 5.69 Å². The molecule has 0 aliphatic rings. The average molecular weight is 260 g/mol. The standard InChI is InChI=1S/C10H16N2O4S/c1-12(2)17(13,14)11-9-7-8(15-3)5-6-10(9)16-4/h5-7,11H,1-4H3. The molecule has 0 aromatic heterocycles. The van der Waals surface area contributed by atoms with Crippen LogP contribution in [0.5, 0.6) is 11.5 Å². The van der Waals surface area contributed by atoms with E-state index in [1.807, 2.05) is 0 Å². The third-order valence-corrected chi connectivity index (χ3v) is 3.57. The molecular formula is C10H16N2O4S. The molecule has 0 saturated heterocycles. The van der Waals surface area contributed by atoms with Crippen molar-refractivity contribution in [3.8, 4) is 11.5 Å². The number of methoxy groups -OCH3 is 2. The van der Waals surface area contributed by atoms with Crippen LogP contribution in [0, 0.1) is 0 Å². The van der Waals surface area contributed by atoms with Crippen LogP contribution in [-0.2, 0) is 10.2 Å². The highest BCUT2D eigenvalue weighted by molar-refractivity contribution is 7.90. The van der Waals surface area contributed by atoms with Gasteiger partial charge in [-0.05, 0) is 12.1 Å². The summed E-state index contributed by atoms with van der Waals surface area (Å²) < 4.78 is 36.9. The second-order valence-electron chi connectivity index (χ2n) is 3.46. The molecule has 96 valence electrons. The maximum Gasteiger partial charge on any atom is 0.301 e. The Morgan fingerprint density at radius 1 is 1.18 bits per heavy atom. The zero-order valence-electron chi connectivity index (χ0n) is 10.2. The Morgan fingerprint density at radius 3 is 2.29 bits per heavy atom. The third-order valence-electron chi connectivity index (χ3n) is 2.13. The van der Waals surface area contributed by atoms with Gasteiger partial charge in [-0.1, -0.05) is 0 Å². The summed E-state index contributed by atoms with van der Waals surface area (Å²) in [4.78, 5) is 0. The van der Waals surface area contributed by atoms with Crippen molar-refractivity contribution in [2.24, 2.45) is 0 Å². The van der Waals surface area contributed by atoms with Gasteiger partial charge in [0.2, 0.25) is 0 Å². The van der Waals surface area contributed by atoms with Gasteiger partial charge in [0.05, 0.1) is 19.9 Å². The van der Waals surface area contributed by atoms with Crippen molar-refractivity contribution in [2.45, 2.75) is 0 Å². The predicted octanol–water partition coefficient (Wildman–Crippen LogP) is 0.922. The Labute approximate surface area is 101 Å². The summed E-state index contributed by atoms with van der Waals surface area (Å²) >= 11 is 0. The van der Waals surface area contributed by atoms with Crippen LogP contribution in [-0.4, -0.2) is 41.0 Å².